The van der Waals surface area contributed by atoms with Crippen molar-refractivity contribution in [2.24, 2.45) is 5.92 Å². The molecule has 1 heterocycles. The van der Waals surface area contributed by atoms with Gasteiger partial charge in [0.15, 0.2) is 6.61 Å². The minimum atomic E-state index is -0.944. The number of ether oxygens (including phenoxy) is 2. The number of imide groups is 1. The summed E-state index contributed by atoms with van der Waals surface area (Å²) in [5.74, 6) is -0.609. The molecular formula is C25H32N4O6. The quantitative estimate of drug-likeness (QED) is 0.399. The van der Waals surface area contributed by atoms with Crippen molar-refractivity contribution >= 4 is 29.5 Å². The molecule has 3 rings (SSSR count). The van der Waals surface area contributed by atoms with Crippen LogP contribution in [0.5, 0.6) is 5.75 Å². The van der Waals surface area contributed by atoms with Crippen molar-refractivity contribution in [1.82, 2.24) is 10.2 Å². The van der Waals surface area contributed by atoms with Gasteiger partial charge in [0.25, 0.3) is 11.8 Å². The second kappa shape index (κ2) is 11.7. The normalized spacial score (nSPS) is 21.4. The van der Waals surface area contributed by atoms with Crippen LogP contribution < -0.4 is 15.0 Å². The van der Waals surface area contributed by atoms with Gasteiger partial charge in [0.05, 0.1) is 19.1 Å². The topological polar surface area (TPSA) is 129 Å². The van der Waals surface area contributed by atoms with E-state index in [1.54, 1.807) is 24.3 Å². The third-order valence-corrected chi connectivity index (χ3v) is 6.63. The van der Waals surface area contributed by atoms with Gasteiger partial charge in [-0.2, -0.15) is 5.26 Å². The molecule has 2 fully saturated rings. The number of carbonyl (C=O) groups excluding carboxylic acids is 4. The number of rotatable bonds is 10. The average molecular weight is 485 g/mol. The van der Waals surface area contributed by atoms with Crippen LogP contribution in [0.1, 0.15) is 52.4 Å². The molecule has 35 heavy (non-hydrogen) atoms. The van der Waals surface area contributed by atoms with E-state index in [1.165, 1.54) is 4.90 Å². The third-order valence-electron chi connectivity index (χ3n) is 6.63. The van der Waals surface area contributed by atoms with Gasteiger partial charge in [-0.25, -0.2) is 4.79 Å². The van der Waals surface area contributed by atoms with Crippen molar-refractivity contribution in [2.75, 3.05) is 31.2 Å². The Bertz CT molecular complexity index is 979. The van der Waals surface area contributed by atoms with Crippen molar-refractivity contribution in [3.63, 3.8) is 0 Å². The number of anilines is 1. The molecule has 1 aromatic carbocycles. The fraction of sp³-hybridized carbons (Fsp3) is 0.560. The highest BCUT2D eigenvalue weighted by molar-refractivity contribution is 6.08. The predicted molar refractivity (Wildman–Crippen MR) is 126 cm³/mol. The van der Waals surface area contributed by atoms with Gasteiger partial charge in [-0.15, -0.1) is 0 Å². The summed E-state index contributed by atoms with van der Waals surface area (Å²) >= 11 is 0. The summed E-state index contributed by atoms with van der Waals surface area (Å²) in [6.45, 7) is 3.46. The first kappa shape index (κ1) is 26.0. The van der Waals surface area contributed by atoms with Crippen LogP contribution in [0.3, 0.4) is 0 Å². The zero-order valence-electron chi connectivity index (χ0n) is 20.2. The van der Waals surface area contributed by atoms with E-state index in [-0.39, 0.29) is 13.0 Å². The third kappa shape index (κ3) is 6.10. The van der Waals surface area contributed by atoms with Gasteiger partial charge in [-0.3, -0.25) is 19.3 Å². The van der Waals surface area contributed by atoms with Crippen LogP contribution in [0.25, 0.3) is 0 Å². The van der Waals surface area contributed by atoms with Gasteiger partial charge in [-0.05, 0) is 62.8 Å². The second-order valence-electron chi connectivity index (χ2n) is 8.80. The number of carbonyl (C=O) groups is 4. The minimum absolute atomic E-state index is 0.0936. The molecule has 0 aromatic heterocycles. The van der Waals surface area contributed by atoms with Crippen LogP contribution in [-0.4, -0.2) is 60.6 Å². The number of nitriles is 1. The fourth-order valence-electron chi connectivity index (χ4n) is 4.58. The summed E-state index contributed by atoms with van der Waals surface area (Å²) in [7, 11) is 0. The first-order chi connectivity index (χ1) is 16.8. The maximum Gasteiger partial charge on any atom is 0.326 e. The predicted octanol–water partition coefficient (Wildman–Crippen LogP) is 2.77. The molecule has 0 radical (unpaired) electrons. The highest BCUT2D eigenvalue weighted by atomic mass is 16.5. The maximum atomic E-state index is 13.0. The van der Waals surface area contributed by atoms with E-state index < -0.39 is 42.5 Å². The molecule has 4 amide bonds. The molecule has 10 heteroatoms. The Morgan fingerprint density at radius 2 is 1.89 bits per heavy atom. The minimum Gasteiger partial charge on any atom is -0.494 e. The Morgan fingerprint density at radius 1 is 1.20 bits per heavy atom. The first-order valence-electron chi connectivity index (χ1n) is 12.0. The Kier molecular flexibility index (Phi) is 8.68. The summed E-state index contributed by atoms with van der Waals surface area (Å²) in [6, 6.07) is 8.16. The molecule has 0 bridgehead atoms. The zero-order valence-corrected chi connectivity index (χ0v) is 20.2. The Morgan fingerprint density at radius 3 is 2.49 bits per heavy atom. The lowest BCUT2D eigenvalue weighted by molar-refractivity contribution is -0.150. The number of benzene rings is 1. The van der Waals surface area contributed by atoms with Gasteiger partial charge in [0.2, 0.25) is 0 Å². The van der Waals surface area contributed by atoms with E-state index in [0.717, 1.165) is 24.2 Å². The molecule has 10 nitrogen and oxygen atoms in total. The SMILES string of the molecule is CCOc1ccc(N(CCC#N)C(=O)COC(=O)CN2C(=O)NC3(CCC(CC)CC3)C2=O)cc1. The number of amides is 4. The Hall–Kier alpha value is -3.61. The van der Waals surface area contributed by atoms with E-state index in [2.05, 4.69) is 12.2 Å². The molecule has 0 atom stereocenters. The van der Waals surface area contributed by atoms with Gasteiger partial charge in [0, 0.05) is 12.2 Å². The summed E-state index contributed by atoms with van der Waals surface area (Å²) in [6.07, 6.45) is 3.92. The first-order valence-corrected chi connectivity index (χ1v) is 12.0. The van der Waals surface area contributed by atoms with Crippen LogP contribution in [0.2, 0.25) is 0 Å². The lowest BCUT2D eigenvalue weighted by Gasteiger charge is -2.34. The molecule has 2 aliphatic rings. The number of nitrogens with one attached hydrogen (secondary N) is 1. The van der Waals surface area contributed by atoms with E-state index in [1.807, 2.05) is 13.0 Å². The van der Waals surface area contributed by atoms with Crippen molar-refractivity contribution in [1.29, 1.82) is 5.26 Å². The van der Waals surface area contributed by atoms with Gasteiger partial charge in [-0.1, -0.05) is 13.3 Å². The standard InChI is InChI=1S/C25H32N4O6/c1-3-18-10-12-25(13-11-18)23(32)29(24(33)27-25)16-22(31)35-17-21(30)28(15-5-14-26)19-6-8-20(9-7-19)34-4-2/h6-9,18H,3-5,10-13,15-17H2,1-2H3,(H,27,33). The summed E-state index contributed by atoms with van der Waals surface area (Å²) in [4.78, 5) is 52.8. The van der Waals surface area contributed by atoms with Gasteiger partial charge < -0.3 is 19.7 Å². The van der Waals surface area contributed by atoms with Crippen molar-refractivity contribution in [2.45, 2.75) is 57.9 Å². The molecule has 188 valence electrons. The van der Waals surface area contributed by atoms with E-state index in [0.29, 0.717) is 36.8 Å². The van der Waals surface area contributed by atoms with Crippen LogP contribution in [0.15, 0.2) is 24.3 Å². The summed E-state index contributed by atoms with van der Waals surface area (Å²) in [5, 5.41) is 11.7. The average Bonchev–Trinajstić information content (AvgIpc) is 3.08. The molecule has 1 saturated heterocycles. The van der Waals surface area contributed by atoms with E-state index >= 15 is 0 Å². The monoisotopic (exact) mass is 484 g/mol. The number of hydrogen-bond donors (Lipinski definition) is 1. The number of urea groups is 1. The largest absolute Gasteiger partial charge is 0.494 e. The van der Waals surface area contributed by atoms with E-state index in [4.69, 9.17) is 14.7 Å². The molecule has 1 N–H and O–H groups in total. The number of nitrogens with zero attached hydrogens (tertiary/aromatic N) is 3. The molecule has 1 aliphatic carbocycles. The molecular weight excluding hydrogens is 452 g/mol. The summed E-state index contributed by atoms with van der Waals surface area (Å²) in [5.41, 5.74) is -0.413. The summed E-state index contributed by atoms with van der Waals surface area (Å²) < 4.78 is 10.5. The smallest absolute Gasteiger partial charge is 0.326 e. The lowest BCUT2D eigenvalue weighted by atomic mass is 9.75. The number of esters is 1. The van der Waals surface area contributed by atoms with Gasteiger partial charge >= 0.3 is 12.0 Å². The van der Waals surface area contributed by atoms with E-state index in [9.17, 15) is 19.2 Å². The van der Waals surface area contributed by atoms with Crippen molar-refractivity contribution < 1.29 is 28.7 Å². The number of hydrogen-bond acceptors (Lipinski definition) is 7. The second-order valence-corrected chi connectivity index (χ2v) is 8.80. The highest BCUT2D eigenvalue weighted by Crippen LogP contribution is 2.37. The van der Waals surface area contributed by atoms with Crippen LogP contribution >= 0.6 is 0 Å². The van der Waals surface area contributed by atoms with Crippen LogP contribution in [0, 0.1) is 17.2 Å². The maximum absolute atomic E-state index is 13.0. The van der Waals surface area contributed by atoms with Crippen molar-refractivity contribution in [3.05, 3.63) is 24.3 Å². The molecule has 1 spiro atoms. The highest BCUT2D eigenvalue weighted by Gasteiger charge is 2.52. The van der Waals surface area contributed by atoms with Crippen LogP contribution in [-0.2, 0) is 19.1 Å². The van der Waals surface area contributed by atoms with Crippen LogP contribution in [0.4, 0.5) is 10.5 Å². The Balaban J connectivity index is 1.57. The van der Waals surface area contributed by atoms with Gasteiger partial charge in [0.1, 0.15) is 17.8 Å². The Labute approximate surface area is 205 Å². The zero-order chi connectivity index (χ0) is 25.4. The molecule has 1 saturated carbocycles. The molecule has 1 aromatic rings. The lowest BCUT2D eigenvalue weighted by Crippen LogP contribution is -2.49. The fourth-order valence-corrected chi connectivity index (χ4v) is 4.58. The molecule has 1 aliphatic heterocycles. The van der Waals surface area contributed by atoms with Crippen molar-refractivity contribution in [3.8, 4) is 11.8 Å². The molecule has 0 unspecified atom stereocenters.